The summed E-state index contributed by atoms with van der Waals surface area (Å²) in [6.45, 7) is 12.7. The van der Waals surface area contributed by atoms with Crippen LogP contribution in [0.15, 0.2) is 34.7 Å². The van der Waals surface area contributed by atoms with Crippen LogP contribution >= 0.6 is 0 Å². The van der Waals surface area contributed by atoms with E-state index in [1.54, 1.807) is 6.26 Å². The number of rotatable bonds is 2. The molecule has 1 heterocycles. The molecule has 1 aromatic heterocycles. The molecular formula is C28H40O5. The zero-order valence-corrected chi connectivity index (χ0v) is 20.9. The number of ether oxygens (including phenoxy) is 1. The Labute approximate surface area is 197 Å². The highest BCUT2D eigenvalue weighted by molar-refractivity contribution is 5.66. The SMILES string of the molecule is CC(=O)O[C@H]1C[C@@H]2[C@@]3(C)CC[C@@H](O)C(C)(C)[C@H]3C[C@@H](O)[C@@]2(C)C2=CC[C@@H](c3ccoc3)[C@@]21C. The highest BCUT2D eigenvalue weighted by Gasteiger charge is 2.70. The lowest BCUT2D eigenvalue weighted by Gasteiger charge is -2.69. The van der Waals surface area contributed by atoms with E-state index < -0.39 is 16.9 Å². The van der Waals surface area contributed by atoms with E-state index in [-0.39, 0.29) is 46.8 Å². The van der Waals surface area contributed by atoms with Crippen molar-refractivity contribution in [1.29, 1.82) is 0 Å². The number of hydrogen-bond acceptors (Lipinski definition) is 5. The average molecular weight is 457 g/mol. The number of esters is 1. The van der Waals surface area contributed by atoms with Gasteiger partial charge in [-0.25, -0.2) is 0 Å². The van der Waals surface area contributed by atoms with Crippen molar-refractivity contribution in [1.82, 2.24) is 0 Å². The Bertz CT molecular complexity index is 963. The van der Waals surface area contributed by atoms with Gasteiger partial charge in [-0.1, -0.05) is 46.3 Å². The van der Waals surface area contributed by atoms with Crippen molar-refractivity contribution in [2.45, 2.75) is 97.9 Å². The Hall–Kier alpha value is -1.59. The summed E-state index contributed by atoms with van der Waals surface area (Å²) in [5.74, 6) is 0.267. The van der Waals surface area contributed by atoms with Gasteiger partial charge in [-0.05, 0) is 66.4 Å². The van der Waals surface area contributed by atoms with Gasteiger partial charge in [0.2, 0.25) is 0 Å². The number of hydrogen-bond donors (Lipinski definition) is 2. The summed E-state index contributed by atoms with van der Waals surface area (Å²) in [7, 11) is 0. The number of carbonyl (C=O) groups excluding carboxylic acids is 1. The van der Waals surface area contributed by atoms with E-state index in [0.717, 1.165) is 31.2 Å². The van der Waals surface area contributed by atoms with Crippen molar-refractivity contribution in [3.63, 3.8) is 0 Å². The molecule has 5 heteroatoms. The molecule has 0 aliphatic heterocycles. The molecule has 2 N–H and O–H groups in total. The molecule has 0 saturated heterocycles. The Kier molecular flexibility index (Phi) is 5.06. The van der Waals surface area contributed by atoms with Gasteiger partial charge in [0.05, 0.1) is 24.7 Å². The van der Waals surface area contributed by atoms with Crippen molar-refractivity contribution in [2.75, 3.05) is 0 Å². The van der Waals surface area contributed by atoms with E-state index in [4.69, 9.17) is 9.15 Å². The minimum atomic E-state index is -0.503. The van der Waals surface area contributed by atoms with Gasteiger partial charge >= 0.3 is 5.97 Å². The normalized spacial score (nSPS) is 48.3. The molecule has 5 rings (SSSR count). The second-order valence-electron chi connectivity index (χ2n) is 12.6. The Morgan fingerprint density at radius 3 is 2.42 bits per heavy atom. The topological polar surface area (TPSA) is 79.9 Å². The molecule has 5 nitrogen and oxygen atoms in total. The second-order valence-corrected chi connectivity index (χ2v) is 12.6. The molecule has 3 fully saturated rings. The summed E-state index contributed by atoms with van der Waals surface area (Å²) in [6, 6.07) is 2.02. The van der Waals surface area contributed by atoms with E-state index in [9.17, 15) is 15.0 Å². The third kappa shape index (κ3) is 2.87. The van der Waals surface area contributed by atoms with E-state index >= 15 is 0 Å². The van der Waals surface area contributed by atoms with Crippen molar-refractivity contribution < 1.29 is 24.2 Å². The molecule has 0 bridgehead atoms. The van der Waals surface area contributed by atoms with Crippen LogP contribution in [0.3, 0.4) is 0 Å². The Balaban J connectivity index is 1.64. The standard InChI is InChI=1S/C28H40O5/c1-16(29)33-24-14-21-26(4)11-9-22(30)25(2,3)20(26)13-23(31)28(21,6)19-8-7-18(27(19,24)5)17-10-12-32-15-17/h8,10,12,15,18,20-24,30-31H,7,9,11,13-14H2,1-6H3/t18-,20+,21+,22+,23+,24-,26-,27-,28-/m0/s1. The minimum absolute atomic E-state index is 0.0506. The third-order valence-electron chi connectivity index (χ3n) is 11.0. The van der Waals surface area contributed by atoms with Crippen LogP contribution in [-0.2, 0) is 9.53 Å². The van der Waals surface area contributed by atoms with E-state index in [1.807, 2.05) is 12.3 Å². The number of aliphatic hydroxyl groups excluding tert-OH is 2. The smallest absolute Gasteiger partial charge is 0.302 e. The molecule has 33 heavy (non-hydrogen) atoms. The van der Waals surface area contributed by atoms with Gasteiger partial charge in [-0.3, -0.25) is 4.79 Å². The van der Waals surface area contributed by atoms with Crippen molar-refractivity contribution in [2.24, 2.45) is 33.5 Å². The first-order valence-electron chi connectivity index (χ1n) is 12.6. The molecule has 182 valence electrons. The summed E-state index contributed by atoms with van der Waals surface area (Å²) in [6.07, 6.45) is 8.69. The van der Waals surface area contributed by atoms with Crippen LogP contribution in [0.1, 0.15) is 85.1 Å². The molecule has 4 aliphatic carbocycles. The van der Waals surface area contributed by atoms with Crippen LogP contribution in [-0.4, -0.2) is 34.5 Å². The van der Waals surface area contributed by atoms with Crippen LogP contribution in [0.4, 0.5) is 0 Å². The Morgan fingerprint density at radius 1 is 1.06 bits per heavy atom. The predicted molar refractivity (Wildman–Crippen MR) is 125 cm³/mol. The maximum atomic E-state index is 12.3. The number of carbonyl (C=O) groups is 1. The fourth-order valence-electron chi connectivity index (χ4n) is 9.20. The summed E-state index contributed by atoms with van der Waals surface area (Å²) in [5, 5.41) is 22.7. The number of furan rings is 1. The zero-order chi connectivity index (χ0) is 24.0. The van der Waals surface area contributed by atoms with Gasteiger partial charge in [-0.2, -0.15) is 0 Å². The largest absolute Gasteiger partial charge is 0.472 e. The predicted octanol–water partition coefficient (Wildman–Crippen LogP) is 5.23. The van der Waals surface area contributed by atoms with E-state index in [0.29, 0.717) is 6.42 Å². The van der Waals surface area contributed by atoms with Crippen molar-refractivity contribution in [3.05, 3.63) is 35.8 Å². The quantitative estimate of drug-likeness (QED) is 0.471. The maximum absolute atomic E-state index is 12.3. The second kappa shape index (κ2) is 7.21. The molecule has 1 aromatic rings. The first-order valence-corrected chi connectivity index (χ1v) is 12.6. The van der Waals surface area contributed by atoms with E-state index in [2.05, 4.69) is 40.7 Å². The molecule has 0 unspecified atom stereocenters. The van der Waals surface area contributed by atoms with Gasteiger partial charge in [0, 0.05) is 23.7 Å². The molecule has 4 aliphatic rings. The molecule has 9 atom stereocenters. The summed E-state index contributed by atoms with van der Waals surface area (Å²) < 4.78 is 11.6. The highest BCUT2D eigenvalue weighted by atomic mass is 16.5. The lowest BCUT2D eigenvalue weighted by atomic mass is 9.37. The Morgan fingerprint density at radius 2 is 1.79 bits per heavy atom. The first-order chi connectivity index (χ1) is 15.4. The monoisotopic (exact) mass is 456 g/mol. The van der Waals surface area contributed by atoms with Gasteiger partial charge in [0.25, 0.3) is 0 Å². The molecule has 0 amide bonds. The van der Waals surface area contributed by atoms with Crippen LogP contribution < -0.4 is 0 Å². The van der Waals surface area contributed by atoms with Crippen LogP contribution in [0.5, 0.6) is 0 Å². The number of aliphatic hydroxyl groups is 2. The first kappa shape index (κ1) is 23.2. The lowest BCUT2D eigenvalue weighted by Crippen LogP contribution is -2.67. The minimum Gasteiger partial charge on any atom is -0.472 e. The molecule has 0 aromatic carbocycles. The van der Waals surface area contributed by atoms with Crippen LogP contribution in [0.25, 0.3) is 0 Å². The van der Waals surface area contributed by atoms with Gasteiger partial charge < -0.3 is 19.4 Å². The summed E-state index contributed by atoms with van der Waals surface area (Å²) in [4.78, 5) is 12.3. The lowest BCUT2D eigenvalue weighted by molar-refractivity contribution is -0.227. The van der Waals surface area contributed by atoms with E-state index in [1.165, 1.54) is 12.5 Å². The summed E-state index contributed by atoms with van der Waals surface area (Å²) in [5.41, 5.74) is 1.27. The fraction of sp³-hybridized carbons (Fsp3) is 0.750. The molecule has 3 saturated carbocycles. The molecule has 0 radical (unpaired) electrons. The van der Waals surface area contributed by atoms with Crippen molar-refractivity contribution in [3.8, 4) is 0 Å². The van der Waals surface area contributed by atoms with Gasteiger partial charge in [0.15, 0.2) is 0 Å². The number of fused-ring (bicyclic) bond motifs is 5. The number of allylic oxidation sites excluding steroid dienone is 1. The van der Waals surface area contributed by atoms with Crippen LogP contribution in [0, 0.1) is 33.5 Å². The third-order valence-corrected chi connectivity index (χ3v) is 11.0. The van der Waals surface area contributed by atoms with Crippen molar-refractivity contribution >= 4 is 5.97 Å². The fourth-order valence-corrected chi connectivity index (χ4v) is 9.20. The average Bonchev–Trinajstić information content (AvgIpc) is 3.38. The van der Waals surface area contributed by atoms with Gasteiger partial charge in [-0.15, -0.1) is 0 Å². The summed E-state index contributed by atoms with van der Waals surface area (Å²) >= 11 is 0. The molecule has 0 spiro atoms. The van der Waals surface area contributed by atoms with Gasteiger partial charge in [0.1, 0.15) is 6.10 Å². The highest BCUT2D eigenvalue weighted by Crippen LogP contribution is 2.73. The maximum Gasteiger partial charge on any atom is 0.302 e. The zero-order valence-electron chi connectivity index (χ0n) is 20.9. The van der Waals surface area contributed by atoms with Crippen LogP contribution in [0.2, 0.25) is 0 Å². The molecular weight excluding hydrogens is 416 g/mol.